The van der Waals surface area contributed by atoms with E-state index in [9.17, 15) is 4.39 Å². The molecule has 0 aliphatic heterocycles. The largest absolute Gasteiger partial charge is 0.321 e. The van der Waals surface area contributed by atoms with E-state index >= 15 is 0 Å². The Kier molecular flexibility index (Phi) is 2.28. The maximum absolute atomic E-state index is 13.5. The molecule has 0 bridgehead atoms. The van der Waals surface area contributed by atoms with E-state index in [1.807, 2.05) is 6.07 Å². The molecular formula is C11H13ClFN. The molecule has 1 aromatic rings. The molecule has 1 aliphatic rings. The van der Waals surface area contributed by atoms with Crippen molar-refractivity contribution in [3.63, 3.8) is 0 Å². The van der Waals surface area contributed by atoms with Crippen molar-refractivity contribution in [1.29, 1.82) is 0 Å². The van der Waals surface area contributed by atoms with Crippen molar-refractivity contribution < 1.29 is 4.39 Å². The summed E-state index contributed by atoms with van der Waals surface area (Å²) in [6.45, 7) is 1.70. The lowest BCUT2D eigenvalue weighted by Gasteiger charge is -2.39. The first kappa shape index (κ1) is 9.94. The van der Waals surface area contributed by atoms with E-state index in [1.165, 1.54) is 0 Å². The first-order valence-electron chi connectivity index (χ1n) is 4.78. The van der Waals surface area contributed by atoms with Gasteiger partial charge in [0.15, 0.2) is 0 Å². The van der Waals surface area contributed by atoms with Crippen LogP contribution in [0, 0.1) is 12.7 Å². The van der Waals surface area contributed by atoms with Gasteiger partial charge in [0.25, 0.3) is 0 Å². The predicted octanol–water partition coefficient (Wildman–Crippen LogP) is 3.13. The SMILES string of the molecule is Cc1ccc(C2(N)CCC2)c(Cl)c1F. The van der Waals surface area contributed by atoms with E-state index in [1.54, 1.807) is 13.0 Å². The molecule has 2 rings (SSSR count). The molecule has 0 radical (unpaired) electrons. The Labute approximate surface area is 88.1 Å². The second kappa shape index (κ2) is 3.21. The van der Waals surface area contributed by atoms with Crippen LogP contribution in [0.25, 0.3) is 0 Å². The van der Waals surface area contributed by atoms with Gasteiger partial charge in [0.2, 0.25) is 0 Å². The summed E-state index contributed by atoms with van der Waals surface area (Å²) in [6, 6.07) is 3.59. The summed E-state index contributed by atoms with van der Waals surface area (Å²) < 4.78 is 13.5. The predicted molar refractivity (Wildman–Crippen MR) is 55.9 cm³/mol. The molecule has 1 fully saturated rings. The minimum Gasteiger partial charge on any atom is -0.321 e. The monoisotopic (exact) mass is 213 g/mol. The molecule has 0 aromatic heterocycles. The minimum absolute atomic E-state index is 0.201. The van der Waals surface area contributed by atoms with Gasteiger partial charge in [-0.05, 0) is 37.3 Å². The standard InChI is InChI=1S/C11H13ClFN/c1-7-3-4-8(9(12)10(7)13)11(14)5-2-6-11/h3-4H,2,5-6,14H2,1H3. The third-order valence-corrected chi connectivity index (χ3v) is 3.43. The van der Waals surface area contributed by atoms with Gasteiger partial charge in [-0.1, -0.05) is 23.7 Å². The summed E-state index contributed by atoms with van der Waals surface area (Å²) in [5.41, 5.74) is 7.04. The minimum atomic E-state index is -0.383. The van der Waals surface area contributed by atoms with Gasteiger partial charge in [0, 0.05) is 5.54 Å². The number of rotatable bonds is 1. The van der Waals surface area contributed by atoms with Gasteiger partial charge in [-0.25, -0.2) is 4.39 Å². The molecule has 3 heteroatoms. The Morgan fingerprint density at radius 2 is 2.07 bits per heavy atom. The average molecular weight is 214 g/mol. The molecule has 1 aliphatic carbocycles. The Balaban J connectivity index is 2.49. The van der Waals surface area contributed by atoms with E-state index in [0.29, 0.717) is 5.56 Å². The van der Waals surface area contributed by atoms with Crippen molar-refractivity contribution in [3.05, 3.63) is 34.1 Å². The molecule has 0 heterocycles. The van der Waals surface area contributed by atoms with Gasteiger partial charge >= 0.3 is 0 Å². The molecule has 0 saturated heterocycles. The molecule has 0 amide bonds. The van der Waals surface area contributed by atoms with Crippen LogP contribution >= 0.6 is 11.6 Å². The van der Waals surface area contributed by atoms with Crippen LogP contribution in [0.2, 0.25) is 5.02 Å². The van der Waals surface area contributed by atoms with Gasteiger partial charge < -0.3 is 5.73 Å². The van der Waals surface area contributed by atoms with E-state index < -0.39 is 0 Å². The smallest absolute Gasteiger partial charge is 0.145 e. The van der Waals surface area contributed by atoms with Crippen LogP contribution in [0.3, 0.4) is 0 Å². The van der Waals surface area contributed by atoms with Crippen molar-refractivity contribution in [2.75, 3.05) is 0 Å². The number of halogens is 2. The fourth-order valence-electron chi connectivity index (χ4n) is 1.86. The molecule has 0 unspecified atom stereocenters. The molecule has 1 aromatic carbocycles. The summed E-state index contributed by atoms with van der Waals surface area (Å²) in [6.07, 6.45) is 2.90. The van der Waals surface area contributed by atoms with Crippen LogP contribution in [0.1, 0.15) is 30.4 Å². The van der Waals surface area contributed by atoms with Gasteiger partial charge in [0.05, 0.1) is 5.02 Å². The number of hydrogen-bond donors (Lipinski definition) is 1. The topological polar surface area (TPSA) is 26.0 Å². The molecular weight excluding hydrogens is 201 g/mol. The van der Waals surface area contributed by atoms with Crippen LogP contribution in [0.15, 0.2) is 12.1 Å². The Morgan fingerprint density at radius 1 is 1.43 bits per heavy atom. The van der Waals surface area contributed by atoms with Gasteiger partial charge in [-0.3, -0.25) is 0 Å². The highest BCUT2D eigenvalue weighted by atomic mass is 35.5. The zero-order chi connectivity index (χ0) is 10.3. The zero-order valence-corrected chi connectivity index (χ0v) is 8.87. The lowest BCUT2D eigenvalue weighted by atomic mass is 9.72. The van der Waals surface area contributed by atoms with Crippen molar-refractivity contribution in [3.8, 4) is 0 Å². The van der Waals surface area contributed by atoms with Crippen LogP contribution < -0.4 is 5.73 Å². The molecule has 1 saturated carbocycles. The highest BCUT2D eigenvalue weighted by Gasteiger charge is 2.36. The summed E-state index contributed by atoms with van der Waals surface area (Å²) in [4.78, 5) is 0. The third-order valence-electron chi connectivity index (χ3n) is 3.06. The summed E-state index contributed by atoms with van der Waals surface area (Å²) in [5.74, 6) is -0.333. The average Bonchev–Trinajstić information content (AvgIpc) is 2.11. The van der Waals surface area contributed by atoms with Crippen LogP contribution in [-0.2, 0) is 5.54 Å². The van der Waals surface area contributed by atoms with E-state index in [-0.39, 0.29) is 16.4 Å². The quantitative estimate of drug-likeness (QED) is 0.762. The van der Waals surface area contributed by atoms with Crippen molar-refractivity contribution in [2.45, 2.75) is 31.7 Å². The highest BCUT2D eigenvalue weighted by molar-refractivity contribution is 6.31. The Morgan fingerprint density at radius 3 is 2.57 bits per heavy atom. The maximum atomic E-state index is 13.5. The van der Waals surface area contributed by atoms with E-state index in [4.69, 9.17) is 17.3 Å². The maximum Gasteiger partial charge on any atom is 0.145 e. The molecule has 2 N–H and O–H groups in total. The van der Waals surface area contributed by atoms with E-state index in [0.717, 1.165) is 24.8 Å². The highest BCUT2D eigenvalue weighted by Crippen LogP contribution is 2.42. The second-order valence-electron chi connectivity index (χ2n) is 4.07. The van der Waals surface area contributed by atoms with Gasteiger partial charge in [-0.2, -0.15) is 0 Å². The lowest BCUT2D eigenvalue weighted by Crippen LogP contribution is -2.43. The van der Waals surface area contributed by atoms with Gasteiger partial charge in [-0.15, -0.1) is 0 Å². The Bertz CT molecular complexity index is 372. The third kappa shape index (κ3) is 1.33. The molecule has 0 spiro atoms. The van der Waals surface area contributed by atoms with Crippen LogP contribution in [0.4, 0.5) is 4.39 Å². The number of nitrogens with two attached hydrogens (primary N) is 1. The van der Waals surface area contributed by atoms with Crippen molar-refractivity contribution in [1.82, 2.24) is 0 Å². The van der Waals surface area contributed by atoms with Crippen LogP contribution in [0.5, 0.6) is 0 Å². The van der Waals surface area contributed by atoms with Gasteiger partial charge in [0.1, 0.15) is 5.82 Å². The number of aryl methyl sites for hydroxylation is 1. The number of benzene rings is 1. The summed E-state index contributed by atoms with van der Waals surface area (Å²) >= 11 is 5.94. The fourth-order valence-corrected chi connectivity index (χ4v) is 2.26. The molecule has 1 nitrogen and oxygen atoms in total. The first-order chi connectivity index (χ1) is 6.54. The first-order valence-corrected chi connectivity index (χ1v) is 5.16. The van der Waals surface area contributed by atoms with E-state index in [2.05, 4.69) is 0 Å². The normalized spacial score (nSPS) is 19.1. The Hall–Kier alpha value is -0.600. The molecule has 0 atom stereocenters. The molecule has 14 heavy (non-hydrogen) atoms. The molecule has 76 valence electrons. The van der Waals surface area contributed by atoms with Crippen LogP contribution in [-0.4, -0.2) is 0 Å². The van der Waals surface area contributed by atoms with Crippen molar-refractivity contribution >= 4 is 11.6 Å². The summed E-state index contributed by atoms with van der Waals surface area (Å²) in [5, 5.41) is 0.201. The van der Waals surface area contributed by atoms with Crippen molar-refractivity contribution in [2.24, 2.45) is 5.73 Å². The lowest BCUT2D eigenvalue weighted by molar-refractivity contribution is 0.253. The second-order valence-corrected chi connectivity index (χ2v) is 4.45. The zero-order valence-electron chi connectivity index (χ0n) is 8.11. The summed E-state index contributed by atoms with van der Waals surface area (Å²) in [7, 11) is 0. The number of hydrogen-bond acceptors (Lipinski definition) is 1. The fraction of sp³-hybridized carbons (Fsp3) is 0.455.